The molecule has 0 aliphatic carbocycles. The van der Waals surface area contributed by atoms with Gasteiger partial charge in [-0.1, -0.05) is 36.8 Å². The highest BCUT2D eigenvalue weighted by Gasteiger charge is 2.13. The number of benzene rings is 2. The van der Waals surface area contributed by atoms with Gasteiger partial charge < -0.3 is 5.32 Å². The summed E-state index contributed by atoms with van der Waals surface area (Å²) in [6.45, 7) is 4.05. The molecule has 0 heterocycles. The molecule has 0 spiro atoms. The maximum atomic E-state index is 12.8. The Morgan fingerprint density at radius 1 is 1.10 bits per heavy atom. The fraction of sp³-hybridized carbons (Fsp3) is 0.235. The Hall–Kier alpha value is -2.16. The Bertz CT molecular complexity index is 575. The van der Waals surface area contributed by atoms with Gasteiger partial charge >= 0.3 is 0 Å². The van der Waals surface area contributed by atoms with Crippen LogP contribution in [-0.2, 0) is 0 Å². The highest BCUT2D eigenvalue weighted by molar-refractivity contribution is 5.94. The number of amides is 1. The number of nitrogens with one attached hydrogen (secondary N) is 1. The average Bonchev–Trinajstić information content (AvgIpc) is 2.46. The van der Waals surface area contributed by atoms with Crippen molar-refractivity contribution >= 4 is 5.91 Å². The predicted molar refractivity (Wildman–Crippen MR) is 78.1 cm³/mol. The number of halogens is 1. The van der Waals surface area contributed by atoms with Gasteiger partial charge in [-0.05, 0) is 43.2 Å². The highest BCUT2D eigenvalue weighted by atomic mass is 19.1. The summed E-state index contributed by atoms with van der Waals surface area (Å²) in [6.07, 6.45) is 0.802. The van der Waals surface area contributed by atoms with Crippen LogP contribution in [0.4, 0.5) is 4.39 Å². The molecule has 2 aromatic carbocycles. The van der Waals surface area contributed by atoms with Crippen LogP contribution < -0.4 is 5.32 Å². The lowest BCUT2D eigenvalue weighted by Crippen LogP contribution is -2.28. The molecule has 3 heteroatoms. The summed E-state index contributed by atoms with van der Waals surface area (Å²) < 4.78 is 12.8. The molecule has 0 saturated carbocycles. The fourth-order valence-corrected chi connectivity index (χ4v) is 2.06. The van der Waals surface area contributed by atoms with E-state index in [0.29, 0.717) is 5.56 Å². The zero-order valence-corrected chi connectivity index (χ0v) is 11.7. The zero-order chi connectivity index (χ0) is 14.5. The van der Waals surface area contributed by atoms with Crippen LogP contribution in [0.1, 0.15) is 40.9 Å². The Labute approximate surface area is 118 Å². The number of rotatable bonds is 4. The topological polar surface area (TPSA) is 29.1 Å². The summed E-state index contributed by atoms with van der Waals surface area (Å²) >= 11 is 0. The van der Waals surface area contributed by atoms with Crippen molar-refractivity contribution in [3.05, 3.63) is 71.0 Å². The van der Waals surface area contributed by atoms with Gasteiger partial charge in [0, 0.05) is 5.56 Å². The molecule has 0 fully saturated rings. The number of hydrogen-bond donors (Lipinski definition) is 1. The van der Waals surface area contributed by atoms with Crippen LogP contribution in [0.25, 0.3) is 0 Å². The third-order valence-corrected chi connectivity index (χ3v) is 3.30. The normalized spacial score (nSPS) is 11.9. The van der Waals surface area contributed by atoms with Crippen molar-refractivity contribution in [2.24, 2.45) is 0 Å². The average molecular weight is 271 g/mol. The standard InChI is InChI=1S/C17H18FNO/c1-3-16(13-6-4-12(2)5-7-13)19-17(20)14-8-10-15(18)11-9-14/h4-11,16H,3H2,1-2H3,(H,19,20). The SMILES string of the molecule is CCC(NC(=O)c1ccc(F)cc1)c1ccc(C)cc1. The van der Waals surface area contributed by atoms with Crippen molar-refractivity contribution in [2.45, 2.75) is 26.3 Å². The molecule has 20 heavy (non-hydrogen) atoms. The van der Waals surface area contributed by atoms with E-state index in [1.807, 2.05) is 38.1 Å². The summed E-state index contributed by atoms with van der Waals surface area (Å²) in [5, 5.41) is 2.98. The molecule has 1 atom stereocenters. The zero-order valence-electron chi connectivity index (χ0n) is 11.7. The maximum absolute atomic E-state index is 12.8. The second kappa shape index (κ2) is 6.33. The minimum atomic E-state index is -0.341. The van der Waals surface area contributed by atoms with Gasteiger partial charge in [-0.25, -0.2) is 4.39 Å². The van der Waals surface area contributed by atoms with Gasteiger partial charge in [0.1, 0.15) is 5.82 Å². The molecule has 2 rings (SSSR count). The number of carbonyl (C=O) groups excluding carboxylic acids is 1. The Morgan fingerprint density at radius 3 is 2.25 bits per heavy atom. The Kier molecular flexibility index (Phi) is 4.51. The first kappa shape index (κ1) is 14.3. The molecule has 0 aliphatic rings. The van der Waals surface area contributed by atoms with Gasteiger partial charge in [0.15, 0.2) is 0 Å². The van der Waals surface area contributed by atoms with Crippen molar-refractivity contribution in [1.82, 2.24) is 5.32 Å². The van der Waals surface area contributed by atoms with Crippen LogP contribution in [0.2, 0.25) is 0 Å². The number of hydrogen-bond acceptors (Lipinski definition) is 1. The van der Waals surface area contributed by atoms with Crippen LogP contribution in [0, 0.1) is 12.7 Å². The van der Waals surface area contributed by atoms with Gasteiger partial charge in [-0.3, -0.25) is 4.79 Å². The van der Waals surface area contributed by atoms with Crippen LogP contribution in [0.15, 0.2) is 48.5 Å². The molecule has 2 aromatic rings. The number of aryl methyl sites for hydroxylation is 1. The van der Waals surface area contributed by atoms with Crippen molar-refractivity contribution in [3.63, 3.8) is 0 Å². The summed E-state index contributed by atoms with van der Waals surface area (Å²) in [6, 6.07) is 13.6. The molecule has 1 N–H and O–H groups in total. The minimum absolute atomic E-state index is 0.0341. The van der Waals surface area contributed by atoms with E-state index in [0.717, 1.165) is 12.0 Å². The van der Waals surface area contributed by atoms with Gasteiger partial charge in [-0.15, -0.1) is 0 Å². The van der Waals surface area contributed by atoms with Crippen molar-refractivity contribution in [1.29, 1.82) is 0 Å². The predicted octanol–water partition coefficient (Wildman–Crippen LogP) is 4.02. The van der Waals surface area contributed by atoms with Gasteiger partial charge in [0.05, 0.1) is 6.04 Å². The van der Waals surface area contributed by atoms with Gasteiger partial charge in [-0.2, -0.15) is 0 Å². The van der Waals surface area contributed by atoms with Crippen LogP contribution in [0.3, 0.4) is 0 Å². The summed E-state index contributed by atoms with van der Waals surface area (Å²) in [7, 11) is 0. The van der Waals surface area contributed by atoms with Crippen molar-refractivity contribution in [3.8, 4) is 0 Å². The molecule has 1 amide bonds. The Morgan fingerprint density at radius 2 is 1.70 bits per heavy atom. The van der Waals surface area contributed by atoms with Gasteiger partial charge in [0.2, 0.25) is 0 Å². The van der Waals surface area contributed by atoms with Crippen LogP contribution >= 0.6 is 0 Å². The van der Waals surface area contributed by atoms with E-state index >= 15 is 0 Å². The smallest absolute Gasteiger partial charge is 0.251 e. The van der Waals surface area contributed by atoms with E-state index in [4.69, 9.17) is 0 Å². The van der Waals surface area contributed by atoms with E-state index in [2.05, 4.69) is 5.32 Å². The lowest BCUT2D eigenvalue weighted by Gasteiger charge is -2.17. The molecule has 0 aliphatic heterocycles. The molecule has 1 unspecified atom stereocenters. The van der Waals surface area contributed by atoms with E-state index < -0.39 is 0 Å². The quantitative estimate of drug-likeness (QED) is 0.894. The van der Waals surface area contributed by atoms with Gasteiger partial charge in [0.25, 0.3) is 5.91 Å². The highest BCUT2D eigenvalue weighted by Crippen LogP contribution is 2.18. The lowest BCUT2D eigenvalue weighted by atomic mass is 10.0. The summed E-state index contributed by atoms with van der Waals surface area (Å²) in [4.78, 5) is 12.1. The molecule has 0 aromatic heterocycles. The third kappa shape index (κ3) is 3.44. The monoisotopic (exact) mass is 271 g/mol. The summed E-state index contributed by atoms with van der Waals surface area (Å²) in [5.74, 6) is -0.524. The first-order valence-corrected chi connectivity index (χ1v) is 6.73. The first-order chi connectivity index (χ1) is 9.60. The molecule has 0 bridgehead atoms. The maximum Gasteiger partial charge on any atom is 0.251 e. The molecule has 0 radical (unpaired) electrons. The van der Waals surface area contributed by atoms with Crippen molar-refractivity contribution in [2.75, 3.05) is 0 Å². The van der Waals surface area contributed by atoms with Crippen molar-refractivity contribution < 1.29 is 9.18 Å². The summed E-state index contributed by atoms with van der Waals surface area (Å²) in [5.41, 5.74) is 2.74. The minimum Gasteiger partial charge on any atom is -0.345 e. The molecule has 104 valence electrons. The van der Waals surface area contributed by atoms with E-state index in [1.54, 1.807) is 0 Å². The molecular formula is C17H18FNO. The molecule has 0 saturated heterocycles. The largest absolute Gasteiger partial charge is 0.345 e. The van der Waals surface area contributed by atoms with E-state index in [9.17, 15) is 9.18 Å². The Balaban J connectivity index is 2.11. The number of carbonyl (C=O) groups is 1. The fourth-order valence-electron chi connectivity index (χ4n) is 2.06. The lowest BCUT2D eigenvalue weighted by molar-refractivity contribution is 0.0935. The molecular weight excluding hydrogens is 253 g/mol. The van der Waals surface area contributed by atoms with Crippen LogP contribution in [0.5, 0.6) is 0 Å². The van der Waals surface area contributed by atoms with Crippen LogP contribution in [-0.4, -0.2) is 5.91 Å². The first-order valence-electron chi connectivity index (χ1n) is 6.73. The van der Waals surface area contributed by atoms with E-state index in [1.165, 1.54) is 29.8 Å². The second-order valence-corrected chi connectivity index (χ2v) is 4.85. The van der Waals surface area contributed by atoms with E-state index in [-0.39, 0.29) is 17.8 Å². The second-order valence-electron chi connectivity index (χ2n) is 4.85. The molecule has 2 nitrogen and oxygen atoms in total. The third-order valence-electron chi connectivity index (χ3n) is 3.30.